The molecular weight excluding hydrogens is 256 g/mol. The van der Waals surface area contributed by atoms with Gasteiger partial charge in [-0.15, -0.1) is 0 Å². The van der Waals surface area contributed by atoms with Crippen molar-refractivity contribution in [2.75, 3.05) is 51.8 Å². The van der Waals surface area contributed by atoms with Crippen LogP contribution in [-0.2, 0) is 4.74 Å². The quantitative estimate of drug-likeness (QED) is 0.842. The SMILES string of the molecule is Nc1ccc(OCCN2CCOCC2)c2c1OCC=C2. The minimum absolute atomic E-state index is 0.564. The van der Waals surface area contributed by atoms with Crippen molar-refractivity contribution in [3.63, 3.8) is 0 Å². The molecule has 5 heteroatoms. The number of anilines is 1. The van der Waals surface area contributed by atoms with Gasteiger partial charge in [0.15, 0.2) is 5.75 Å². The molecule has 0 spiro atoms. The second-order valence-corrected chi connectivity index (χ2v) is 4.91. The van der Waals surface area contributed by atoms with E-state index in [1.54, 1.807) is 0 Å². The lowest BCUT2D eigenvalue weighted by molar-refractivity contribution is 0.0322. The molecule has 1 aromatic carbocycles. The molecule has 0 unspecified atom stereocenters. The summed E-state index contributed by atoms with van der Waals surface area (Å²) in [4.78, 5) is 2.35. The molecule has 2 heterocycles. The Labute approximate surface area is 118 Å². The fraction of sp³-hybridized carbons (Fsp3) is 0.467. The molecule has 0 radical (unpaired) electrons. The minimum atomic E-state index is 0.564. The first-order chi connectivity index (χ1) is 9.84. The van der Waals surface area contributed by atoms with E-state index in [0.717, 1.165) is 49.9 Å². The number of benzene rings is 1. The van der Waals surface area contributed by atoms with Crippen molar-refractivity contribution in [2.45, 2.75) is 0 Å². The van der Waals surface area contributed by atoms with E-state index in [0.29, 0.717) is 18.9 Å². The number of hydrogen-bond donors (Lipinski definition) is 1. The third-order valence-electron chi connectivity index (χ3n) is 3.56. The molecule has 0 bridgehead atoms. The second-order valence-electron chi connectivity index (χ2n) is 4.91. The highest BCUT2D eigenvalue weighted by Crippen LogP contribution is 2.37. The maximum atomic E-state index is 5.92. The lowest BCUT2D eigenvalue weighted by atomic mass is 10.1. The molecule has 0 aromatic heterocycles. The van der Waals surface area contributed by atoms with Gasteiger partial charge in [0, 0.05) is 19.6 Å². The summed E-state index contributed by atoms with van der Waals surface area (Å²) in [6, 6.07) is 3.74. The van der Waals surface area contributed by atoms with Crippen molar-refractivity contribution in [1.29, 1.82) is 0 Å². The van der Waals surface area contributed by atoms with Crippen LogP contribution in [0, 0.1) is 0 Å². The molecule has 1 aromatic rings. The van der Waals surface area contributed by atoms with E-state index >= 15 is 0 Å². The zero-order valence-corrected chi connectivity index (χ0v) is 11.5. The van der Waals surface area contributed by atoms with Crippen LogP contribution < -0.4 is 15.2 Å². The zero-order chi connectivity index (χ0) is 13.8. The van der Waals surface area contributed by atoms with Crippen LogP contribution in [0.5, 0.6) is 11.5 Å². The van der Waals surface area contributed by atoms with Gasteiger partial charge >= 0.3 is 0 Å². The highest BCUT2D eigenvalue weighted by molar-refractivity contribution is 5.73. The van der Waals surface area contributed by atoms with Gasteiger partial charge in [0.2, 0.25) is 0 Å². The summed E-state index contributed by atoms with van der Waals surface area (Å²) in [5.41, 5.74) is 7.52. The summed E-state index contributed by atoms with van der Waals surface area (Å²) in [7, 11) is 0. The summed E-state index contributed by atoms with van der Waals surface area (Å²) in [6.45, 7) is 5.71. The topological polar surface area (TPSA) is 57.0 Å². The van der Waals surface area contributed by atoms with Crippen molar-refractivity contribution in [2.24, 2.45) is 0 Å². The van der Waals surface area contributed by atoms with Gasteiger partial charge in [0.1, 0.15) is 19.0 Å². The largest absolute Gasteiger partial charge is 0.491 e. The van der Waals surface area contributed by atoms with Crippen LogP contribution >= 0.6 is 0 Å². The Morgan fingerprint density at radius 3 is 2.95 bits per heavy atom. The first kappa shape index (κ1) is 13.3. The summed E-state index contributed by atoms with van der Waals surface area (Å²) in [5, 5.41) is 0. The van der Waals surface area contributed by atoms with Crippen LogP contribution in [0.2, 0.25) is 0 Å². The third-order valence-corrected chi connectivity index (χ3v) is 3.56. The summed E-state index contributed by atoms with van der Waals surface area (Å²) >= 11 is 0. The normalized spacial score (nSPS) is 18.4. The van der Waals surface area contributed by atoms with E-state index < -0.39 is 0 Å². The number of morpholine rings is 1. The Hall–Kier alpha value is -1.72. The van der Waals surface area contributed by atoms with Crippen molar-refractivity contribution in [1.82, 2.24) is 4.90 Å². The molecule has 2 aliphatic heterocycles. The van der Waals surface area contributed by atoms with E-state index in [2.05, 4.69) is 4.90 Å². The number of rotatable bonds is 4. The minimum Gasteiger partial charge on any atom is -0.491 e. The van der Waals surface area contributed by atoms with E-state index in [1.165, 1.54) is 0 Å². The van der Waals surface area contributed by atoms with E-state index in [1.807, 2.05) is 24.3 Å². The van der Waals surface area contributed by atoms with Gasteiger partial charge in [0.05, 0.1) is 24.5 Å². The maximum absolute atomic E-state index is 5.92. The maximum Gasteiger partial charge on any atom is 0.153 e. The molecule has 5 nitrogen and oxygen atoms in total. The smallest absolute Gasteiger partial charge is 0.153 e. The van der Waals surface area contributed by atoms with Gasteiger partial charge in [-0.2, -0.15) is 0 Å². The molecule has 1 saturated heterocycles. The lowest BCUT2D eigenvalue weighted by Gasteiger charge is -2.26. The third kappa shape index (κ3) is 2.89. The molecule has 2 aliphatic rings. The number of ether oxygens (including phenoxy) is 3. The van der Waals surface area contributed by atoms with Gasteiger partial charge in [0.25, 0.3) is 0 Å². The molecule has 20 heavy (non-hydrogen) atoms. The predicted molar refractivity (Wildman–Crippen MR) is 78.1 cm³/mol. The molecule has 0 amide bonds. The van der Waals surface area contributed by atoms with Crippen molar-refractivity contribution >= 4 is 11.8 Å². The highest BCUT2D eigenvalue weighted by atomic mass is 16.5. The van der Waals surface area contributed by atoms with Gasteiger partial charge in [-0.3, -0.25) is 4.90 Å². The summed E-state index contributed by atoms with van der Waals surface area (Å²) < 4.78 is 16.8. The first-order valence-corrected chi connectivity index (χ1v) is 6.99. The Morgan fingerprint density at radius 2 is 2.10 bits per heavy atom. The molecular formula is C15H20N2O3. The number of nitrogens with two attached hydrogens (primary N) is 1. The molecule has 108 valence electrons. The number of fused-ring (bicyclic) bond motifs is 1. The molecule has 3 rings (SSSR count). The monoisotopic (exact) mass is 276 g/mol. The molecule has 0 saturated carbocycles. The van der Waals surface area contributed by atoms with Gasteiger partial charge in [-0.25, -0.2) is 0 Å². The van der Waals surface area contributed by atoms with Gasteiger partial charge in [-0.1, -0.05) is 0 Å². The lowest BCUT2D eigenvalue weighted by Crippen LogP contribution is -2.38. The second kappa shape index (κ2) is 6.15. The van der Waals surface area contributed by atoms with E-state index in [9.17, 15) is 0 Å². The van der Waals surface area contributed by atoms with Crippen LogP contribution in [0.1, 0.15) is 5.56 Å². The average Bonchev–Trinajstić information content (AvgIpc) is 2.51. The zero-order valence-electron chi connectivity index (χ0n) is 11.5. The van der Waals surface area contributed by atoms with Crippen LogP contribution in [0.3, 0.4) is 0 Å². The molecule has 2 N–H and O–H groups in total. The fourth-order valence-corrected chi connectivity index (χ4v) is 2.45. The standard InChI is InChI=1S/C15H20N2O3/c16-13-3-4-14(12-2-1-8-20-15(12)13)19-11-7-17-5-9-18-10-6-17/h1-4H,5-11,16H2. The van der Waals surface area contributed by atoms with Gasteiger partial charge in [-0.05, 0) is 24.3 Å². The Balaban J connectivity index is 1.62. The van der Waals surface area contributed by atoms with Crippen molar-refractivity contribution in [3.05, 3.63) is 23.8 Å². The summed E-state index contributed by atoms with van der Waals surface area (Å²) in [6.07, 6.45) is 3.98. The van der Waals surface area contributed by atoms with Crippen molar-refractivity contribution < 1.29 is 14.2 Å². The summed E-state index contributed by atoms with van der Waals surface area (Å²) in [5.74, 6) is 1.56. The van der Waals surface area contributed by atoms with E-state index in [-0.39, 0.29) is 0 Å². The number of hydrogen-bond acceptors (Lipinski definition) is 5. The molecule has 1 fully saturated rings. The van der Waals surface area contributed by atoms with Crippen LogP contribution in [0.4, 0.5) is 5.69 Å². The van der Waals surface area contributed by atoms with E-state index in [4.69, 9.17) is 19.9 Å². The fourth-order valence-electron chi connectivity index (χ4n) is 2.45. The Morgan fingerprint density at radius 1 is 1.25 bits per heavy atom. The van der Waals surface area contributed by atoms with Gasteiger partial charge < -0.3 is 19.9 Å². The predicted octanol–water partition coefficient (Wildman–Crippen LogP) is 1.39. The highest BCUT2D eigenvalue weighted by Gasteiger charge is 2.15. The van der Waals surface area contributed by atoms with Crippen LogP contribution in [0.25, 0.3) is 6.08 Å². The number of nitrogens with zero attached hydrogens (tertiary/aromatic N) is 1. The van der Waals surface area contributed by atoms with Crippen LogP contribution in [-0.4, -0.2) is 51.0 Å². The first-order valence-electron chi connectivity index (χ1n) is 6.99. The van der Waals surface area contributed by atoms with Crippen LogP contribution in [0.15, 0.2) is 18.2 Å². The molecule has 0 aliphatic carbocycles. The Kier molecular flexibility index (Phi) is 4.08. The average molecular weight is 276 g/mol. The number of nitrogen functional groups attached to an aromatic ring is 1. The van der Waals surface area contributed by atoms with Crippen molar-refractivity contribution in [3.8, 4) is 11.5 Å². The molecule has 0 atom stereocenters. The Bertz CT molecular complexity index is 496.